The molecule has 4 atom stereocenters. The highest BCUT2D eigenvalue weighted by Crippen LogP contribution is 2.08. The number of amides is 5. The first-order valence-corrected chi connectivity index (χ1v) is 14.5. The number of carboxylic acid groups (broad SMARTS) is 1. The molecule has 46 heavy (non-hydrogen) atoms. The molecule has 18 nitrogen and oxygen atoms in total. The predicted octanol–water partition coefficient (Wildman–Crippen LogP) is -3.35. The lowest BCUT2D eigenvalue weighted by molar-refractivity contribution is -0.138. The molecule has 254 valence electrons. The zero-order valence-electron chi connectivity index (χ0n) is 25.7. The summed E-state index contributed by atoms with van der Waals surface area (Å²) in [7, 11) is 0. The van der Waals surface area contributed by atoms with E-state index in [9.17, 15) is 33.9 Å². The van der Waals surface area contributed by atoms with Crippen LogP contribution >= 0.6 is 0 Å². The van der Waals surface area contributed by atoms with Crippen molar-refractivity contribution in [2.24, 2.45) is 38.7 Å². The molecule has 5 amide bonds. The number of carbonyl (C=O) groups is 6. The molecule has 1 aromatic rings. The molecule has 1 aromatic carbocycles. The van der Waals surface area contributed by atoms with Crippen LogP contribution in [0.2, 0.25) is 0 Å². The van der Waals surface area contributed by atoms with Crippen LogP contribution in [-0.2, 0) is 35.2 Å². The van der Waals surface area contributed by atoms with Crippen molar-refractivity contribution in [1.29, 1.82) is 0 Å². The van der Waals surface area contributed by atoms with Gasteiger partial charge < -0.3 is 55.0 Å². The Bertz CT molecular complexity index is 1250. The lowest BCUT2D eigenvalue weighted by Gasteiger charge is -2.26. The van der Waals surface area contributed by atoms with Crippen LogP contribution in [0.3, 0.4) is 0 Å². The van der Waals surface area contributed by atoms with Gasteiger partial charge in [0.25, 0.3) is 0 Å². The molecule has 0 spiro atoms. The van der Waals surface area contributed by atoms with Gasteiger partial charge in [-0.25, -0.2) is 0 Å². The SMILES string of the molecule is CC(=O)N[C@@H](CCCN=C(N)N)C(=O)N[C@@H](CCC(=O)O)C(=O)N[C@@H](CCCN=C(N)N)C(=O)N[C@@H](Cc1ccccc1)C(N)=O. The number of hydrogen-bond acceptors (Lipinski definition) is 8. The Morgan fingerprint density at radius 2 is 1.11 bits per heavy atom. The van der Waals surface area contributed by atoms with E-state index in [1.165, 1.54) is 6.92 Å². The maximum Gasteiger partial charge on any atom is 0.303 e. The van der Waals surface area contributed by atoms with Crippen LogP contribution in [-0.4, -0.2) is 89.8 Å². The highest BCUT2D eigenvalue weighted by Gasteiger charge is 2.31. The summed E-state index contributed by atoms with van der Waals surface area (Å²) in [5.41, 5.74) is 27.6. The lowest BCUT2D eigenvalue weighted by Crippen LogP contribution is -2.58. The van der Waals surface area contributed by atoms with Crippen molar-refractivity contribution in [1.82, 2.24) is 21.3 Å². The number of guanidine groups is 2. The van der Waals surface area contributed by atoms with Crippen molar-refractivity contribution in [3.05, 3.63) is 35.9 Å². The van der Waals surface area contributed by atoms with Gasteiger partial charge in [-0.1, -0.05) is 30.3 Å². The molecular weight excluding hydrogens is 602 g/mol. The van der Waals surface area contributed by atoms with Crippen LogP contribution in [0.15, 0.2) is 40.3 Å². The summed E-state index contributed by atoms with van der Waals surface area (Å²) in [6.07, 6.45) is -0.135. The number of carbonyl (C=O) groups excluding carboxylic acids is 5. The van der Waals surface area contributed by atoms with Crippen molar-refractivity contribution in [3.8, 4) is 0 Å². The molecule has 0 saturated carbocycles. The van der Waals surface area contributed by atoms with Gasteiger partial charge in [0.15, 0.2) is 11.9 Å². The smallest absolute Gasteiger partial charge is 0.303 e. The van der Waals surface area contributed by atoms with E-state index in [1.807, 2.05) is 0 Å². The summed E-state index contributed by atoms with van der Waals surface area (Å²) in [4.78, 5) is 82.9. The number of nitrogens with two attached hydrogens (primary N) is 5. The third-order valence-corrected chi connectivity index (χ3v) is 6.44. The third-order valence-electron chi connectivity index (χ3n) is 6.44. The fourth-order valence-corrected chi connectivity index (χ4v) is 4.22. The fourth-order valence-electron chi connectivity index (χ4n) is 4.22. The van der Waals surface area contributed by atoms with E-state index in [4.69, 9.17) is 28.7 Å². The van der Waals surface area contributed by atoms with Gasteiger partial charge in [-0.05, 0) is 37.7 Å². The van der Waals surface area contributed by atoms with Gasteiger partial charge in [0.2, 0.25) is 29.5 Å². The van der Waals surface area contributed by atoms with Crippen LogP contribution in [0.4, 0.5) is 0 Å². The average Bonchev–Trinajstić information content (AvgIpc) is 2.97. The minimum Gasteiger partial charge on any atom is -0.481 e. The summed E-state index contributed by atoms with van der Waals surface area (Å²) in [5, 5.41) is 19.3. The second kappa shape index (κ2) is 20.5. The number of carboxylic acids is 1. The van der Waals surface area contributed by atoms with Crippen LogP contribution in [0.25, 0.3) is 0 Å². The van der Waals surface area contributed by atoms with Gasteiger partial charge in [-0.2, -0.15) is 0 Å². The number of primary amides is 1. The molecule has 0 aliphatic rings. The maximum absolute atomic E-state index is 13.4. The standard InChI is InChI=1S/C28H45N11O7/c1-16(40)36-18(9-5-13-34-27(30)31)24(44)38-20(11-12-22(41)42)26(46)37-19(10-6-14-35-28(32)33)25(45)39-21(23(29)43)15-17-7-3-2-4-8-17/h2-4,7-8,18-21H,5-6,9-15H2,1H3,(H2,29,43)(H,36,40)(H,37,46)(H,38,44)(H,39,45)(H,41,42)(H4,30,31,34)(H4,32,33,35)/t18-,19-,20-,21-/m0/s1. The van der Waals surface area contributed by atoms with E-state index in [0.717, 1.165) is 5.56 Å². The number of benzene rings is 1. The van der Waals surface area contributed by atoms with Crippen LogP contribution in [0, 0.1) is 0 Å². The first-order chi connectivity index (χ1) is 21.7. The number of aliphatic carboxylic acids is 1. The van der Waals surface area contributed by atoms with Crippen molar-refractivity contribution in [2.75, 3.05) is 13.1 Å². The number of rotatable bonds is 21. The van der Waals surface area contributed by atoms with E-state index < -0.39 is 66.1 Å². The summed E-state index contributed by atoms with van der Waals surface area (Å²) in [5.74, 6) is -5.29. The van der Waals surface area contributed by atoms with Crippen molar-refractivity contribution in [2.45, 2.75) is 76.0 Å². The Morgan fingerprint density at radius 1 is 0.674 bits per heavy atom. The van der Waals surface area contributed by atoms with Gasteiger partial charge in [0.1, 0.15) is 24.2 Å². The average molecular weight is 648 g/mol. The monoisotopic (exact) mass is 647 g/mol. The molecule has 0 heterocycles. The van der Waals surface area contributed by atoms with E-state index in [2.05, 4.69) is 31.3 Å². The third kappa shape index (κ3) is 16.4. The zero-order valence-corrected chi connectivity index (χ0v) is 25.7. The first kappa shape index (κ1) is 38.6. The summed E-state index contributed by atoms with van der Waals surface area (Å²) in [6, 6.07) is 3.92. The van der Waals surface area contributed by atoms with Crippen molar-refractivity contribution in [3.63, 3.8) is 0 Å². The molecule has 0 radical (unpaired) electrons. The van der Waals surface area contributed by atoms with Gasteiger partial charge in [0, 0.05) is 32.9 Å². The summed E-state index contributed by atoms with van der Waals surface area (Å²) < 4.78 is 0. The van der Waals surface area contributed by atoms with E-state index in [-0.39, 0.29) is 57.1 Å². The Kier molecular flexibility index (Phi) is 17.2. The van der Waals surface area contributed by atoms with Crippen LogP contribution < -0.4 is 49.9 Å². The number of aliphatic imine (C=N–C) groups is 2. The molecule has 0 aromatic heterocycles. The summed E-state index contributed by atoms with van der Waals surface area (Å²) >= 11 is 0. The molecule has 1 rings (SSSR count). The number of nitrogens with one attached hydrogen (secondary N) is 4. The van der Waals surface area contributed by atoms with Crippen LogP contribution in [0.5, 0.6) is 0 Å². The van der Waals surface area contributed by atoms with Crippen molar-refractivity contribution < 1.29 is 33.9 Å². The molecular formula is C28H45N11O7. The van der Waals surface area contributed by atoms with E-state index >= 15 is 0 Å². The molecule has 0 fully saturated rings. The normalized spacial score (nSPS) is 13.1. The van der Waals surface area contributed by atoms with E-state index in [0.29, 0.717) is 6.42 Å². The highest BCUT2D eigenvalue weighted by molar-refractivity contribution is 5.95. The Balaban J connectivity index is 3.18. The van der Waals surface area contributed by atoms with Gasteiger partial charge in [-0.3, -0.25) is 38.8 Å². The van der Waals surface area contributed by atoms with Gasteiger partial charge >= 0.3 is 5.97 Å². The number of hydrogen-bond donors (Lipinski definition) is 10. The quantitative estimate of drug-likeness (QED) is 0.0357. The molecule has 0 unspecified atom stereocenters. The molecule has 18 heteroatoms. The largest absolute Gasteiger partial charge is 0.481 e. The minimum absolute atomic E-state index is 0.00405. The zero-order chi connectivity index (χ0) is 34.6. The first-order valence-electron chi connectivity index (χ1n) is 14.5. The Morgan fingerprint density at radius 3 is 1.52 bits per heavy atom. The highest BCUT2D eigenvalue weighted by atomic mass is 16.4. The van der Waals surface area contributed by atoms with Gasteiger partial charge in [-0.15, -0.1) is 0 Å². The molecule has 0 saturated heterocycles. The molecule has 0 aliphatic heterocycles. The lowest BCUT2D eigenvalue weighted by atomic mass is 10.0. The molecule has 0 aliphatic carbocycles. The van der Waals surface area contributed by atoms with Crippen molar-refractivity contribution >= 4 is 47.4 Å². The maximum atomic E-state index is 13.4. The Labute approximate surface area is 266 Å². The van der Waals surface area contributed by atoms with E-state index in [1.54, 1.807) is 30.3 Å². The van der Waals surface area contributed by atoms with Gasteiger partial charge in [0.05, 0.1) is 0 Å². The molecule has 0 bridgehead atoms. The Hall–Kier alpha value is -5.42. The second-order valence-electron chi connectivity index (χ2n) is 10.4. The second-order valence-corrected chi connectivity index (χ2v) is 10.4. The minimum atomic E-state index is -1.41. The number of nitrogens with zero attached hydrogens (tertiary/aromatic N) is 2. The fraction of sp³-hybridized carbons (Fsp3) is 0.500. The molecule has 15 N–H and O–H groups in total. The summed E-state index contributed by atoms with van der Waals surface area (Å²) in [6.45, 7) is 1.48. The van der Waals surface area contributed by atoms with Crippen LogP contribution in [0.1, 0.15) is 51.0 Å². The predicted molar refractivity (Wildman–Crippen MR) is 169 cm³/mol. The topological polar surface area (TPSA) is 326 Å².